The fraction of sp³-hybridized carbons (Fsp3) is 0.318. The monoisotopic (exact) mass is 467 g/mol. The van der Waals surface area contributed by atoms with Gasteiger partial charge >= 0.3 is 6.18 Å². The van der Waals surface area contributed by atoms with E-state index in [4.69, 9.17) is 4.74 Å². The van der Waals surface area contributed by atoms with Crippen molar-refractivity contribution in [1.29, 1.82) is 0 Å². The Morgan fingerprint density at radius 1 is 0.970 bits per heavy atom. The van der Waals surface area contributed by atoms with E-state index < -0.39 is 47.4 Å². The molecule has 1 fully saturated rings. The maximum absolute atomic E-state index is 14.0. The number of amides is 3. The van der Waals surface area contributed by atoms with E-state index in [1.165, 1.54) is 41.1 Å². The predicted molar refractivity (Wildman–Crippen MR) is 109 cm³/mol. The number of rotatable bonds is 5. The highest BCUT2D eigenvalue weighted by Gasteiger charge is 2.36. The number of ether oxygens (including phenoxy) is 1. The van der Waals surface area contributed by atoms with Gasteiger partial charge in [-0.15, -0.1) is 0 Å². The van der Waals surface area contributed by atoms with Crippen molar-refractivity contribution in [2.45, 2.75) is 6.18 Å². The van der Waals surface area contributed by atoms with Gasteiger partial charge in [0.15, 0.2) is 6.61 Å². The number of carbonyl (C=O) groups excluding carboxylic acids is 3. The van der Waals surface area contributed by atoms with Crippen LogP contribution in [0.5, 0.6) is 5.75 Å². The molecule has 3 amide bonds. The lowest BCUT2D eigenvalue weighted by Gasteiger charge is -2.35. The average Bonchev–Trinajstić information content (AvgIpc) is 2.81. The molecule has 33 heavy (non-hydrogen) atoms. The molecule has 0 aromatic heterocycles. The van der Waals surface area contributed by atoms with Crippen LogP contribution in [0.15, 0.2) is 42.5 Å². The van der Waals surface area contributed by atoms with Gasteiger partial charge in [0.1, 0.15) is 17.1 Å². The third-order valence-electron chi connectivity index (χ3n) is 5.16. The molecule has 0 aliphatic carbocycles. The van der Waals surface area contributed by atoms with Crippen LogP contribution in [0.4, 0.5) is 17.6 Å². The Morgan fingerprint density at radius 2 is 1.61 bits per heavy atom. The summed E-state index contributed by atoms with van der Waals surface area (Å²) in [6.07, 6.45) is -4.66. The van der Waals surface area contributed by atoms with Crippen LogP contribution in [0, 0.1) is 5.82 Å². The molecular weight excluding hydrogens is 446 g/mol. The van der Waals surface area contributed by atoms with Gasteiger partial charge in [-0.1, -0.05) is 18.2 Å². The second-order valence-corrected chi connectivity index (χ2v) is 7.20. The van der Waals surface area contributed by atoms with Crippen LogP contribution in [0.1, 0.15) is 26.3 Å². The molecule has 0 unspecified atom stereocenters. The summed E-state index contributed by atoms with van der Waals surface area (Å²) in [5, 5.41) is 2.29. The number of benzene rings is 2. The van der Waals surface area contributed by atoms with Crippen LogP contribution in [0.3, 0.4) is 0 Å². The Morgan fingerprint density at radius 3 is 2.24 bits per heavy atom. The molecule has 1 saturated heterocycles. The quantitative estimate of drug-likeness (QED) is 0.686. The number of alkyl halides is 3. The molecule has 0 saturated carbocycles. The van der Waals surface area contributed by atoms with E-state index in [9.17, 15) is 31.9 Å². The normalized spacial score (nSPS) is 14.1. The number of nitrogens with one attached hydrogen (secondary N) is 1. The molecule has 176 valence electrons. The summed E-state index contributed by atoms with van der Waals surface area (Å²) in [5.41, 5.74) is -1.78. The molecule has 0 bridgehead atoms. The number of carbonyl (C=O) groups is 3. The zero-order valence-electron chi connectivity index (χ0n) is 17.6. The predicted octanol–water partition coefficient (Wildman–Crippen LogP) is 2.57. The lowest BCUT2D eigenvalue weighted by molar-refractivity contribution is -0.138. The number of halogens is 4. The zero-order valence-corrected chi connectivity index (χ0v) is 17.6. The van der Waals surface area contributed by atoms with Gasteiger partial charge in [-0.05, 0) is 24.3 Å². The summed E-state index contributed by atoms with van der Waals surface area (Å²) in [5.74, 6) is -2.83. The van der Waals surface area contributed by atoms with E-state index in [0.29, 0.717) is 0 Å². The van der Waals surface area contributed by atoms with Gasteiger partial charge in [-0.3, -0.25) is 14.4 Å². The molecule has 1 aliphatic heterocycles. The fourth-order valence-corrected chi connectivity index (χ4v) is 3.45. The molecule has 0 spiro atoms. The topological polar surface area (TPSA) is 79.0 Å². The lowest BCUT2D eigenvalue weighted by atomic mass is 10.1. The first-order chi connectivity index (χ1) is 15.6. The van der Waals surface area contributed by atoms with Gasteiger partial charge < -0.3 is 19.9 Å². The van der Waals surface area contributed by atoms with Crippen molar-refractivity contribution in [2.24, 2.45) is 0 Å². The third-order valence-corrected chi connectivity index (χ3v) is 5.16. The summed E-state index contributed by atoms with van der Waals surface area (Å²) in [6.45, 7) is -0.208. The van der Waals surface area contributed by atoms with Gasteiger partial charge in [0.2, 0.25) is 0 Å². The summed E-state index contributed by atoms with van der Waals surface area (Å²) >= 11 is 0. The van der Waals surface area contributed by atoms with Gasteiger partial charge in [0, 0.05) is 33.2 Å². The van der Waals surface area contributed by atoms with E-state index in [-0.39, 0.29) is 37.5 Å². The summed E-state index contributed by atoms with van der Waals surface area (Å²) in [7, 11) is 1.33. The van der Waals surface area contributed by atoms with E-state index in [0.717, 1.165) is 18.2 Å². The fourth-order valence-electron chi connectivity index (χ4n) is 3.45. The number of nitrogens with zero attached hydrogens (tertiary/aromatic N) is 2. The van der Waals surface area contributed by atoms with Crippen LogP contribution in [-0.2, 0) is 11.0 Å². The minimum atomic E-state index is -4.66. The first-order valence-corrected chi connectivity index (χ1v) is 10.00. The Balaban J connectivity index is 1.60. The number of hydrogen-bond donors (Lipinski definition) is 1. The molecule has 7 nitrogen and oxygen atoms in total. The van der Waals surface area contributed by atoms with Crippen LogP contribution in [0.25, 0.3) is 0 Å². The maximum atomic E-state index is 14.0. The molecule has 2 aromatic carbocycles. The number of piperazine rings is 1. The molecule has 11 heteroatoms. The highest BCUT2D eigenvalue weighted by Crippen LogP contribution is 2.32. The second-order valence-electron chi connectivity index (χ2n) is 7.20. The van der Waals surface area contributed by atoms with Gasteiger partial charge in [0.25, 0.3) is 17.7 Å². The first kappa shape index (κ1) is 24.0. The Bertz CT molecular complexity index is 1050. The third kappa shape index (κ3) is 5.41. The molecule has 1 N–H and O–H groups in total. The minimum Gasteiger partial charge on any atom is -0.483 e. The van der Waals surface area contributed by atoms with Gasteiger partial charge in [0.05, 0.1) is 11.1 Å². The van der Waals surface area contributed by atoms with Crippen molar-refractivity contribution in [3.05, 3.63) is 65.0 Å². The van der Waals surface area contributed by atoms with Crippen LogP contribution in [0.2, 0.25) is 0 Å². The van der Waals surface area contributed by atoms with Crippen molar-refractivity contribution in [3.63, 3.8) is 0 Å². The molecule has 0 atom stereocenters. The van der Waals surface area contributed by atoms with Crippen molar-refractivity contribution in [3.8, 4) is 5.75 Å². The standard InChI is InChI=1S/C22H21F4N3O4/c1-27-20(31)19-16(23)7-4-8-17(19)33-13-18(30)28-9-11-29(12-10-28)21(32)14-5-2-3-6-15(14)22(24,25)26/h2-8H,9-13H2,1H3,(H,27,31). The Hall–Kier alpha value is -3.63. The smallest absolute Gasteiger partial charge is 0.417 e. The van der Waals surface area contributed by atoms with E-state index >= 15 is 0 Å². The number of hydrogen-bond acceptors (Lipinski definition) is 4. The molecule has 1 aliphatic rings. The van der Waals surface area contributed by atoms with Crippen LogP contribution >= 0.6 is 0 Å². The SMILES string of the molecule is CNC(=O)c1c(F)cccc1OCC(=O)N1CCN(C(=O)c2ccccc2C(F)(F)F)CC1. The highest BCUT2D eigenvalue weighted by atomic mass is 19.4. The van der Waals surface area contributed by atoms with Crippen molar-refractivity contribution in [1.82, 2.24) is 15.1 Å². The highest BCUT2D eigenvalue weighted by molar-refractivity contribution is 5.97. The molecule has 2 aromatic rings. The summed E-state index contributed by atoms with van der Waals surface area (Å²) < 4.78 is 59.0. The molecular formula is C22H21F4N3O4. The average molecular weight is 467 g/mol. The lowest BCUT2D eigenvalue weighted by Crippen LogP contribution is -2.51. The summed E-state index contributed by atoms with van der Waals surface area (Å²) in [4.78, 5) is 39.6. The van der Waals surface area contributed by atoms with Crippen molar-refractivity contribution < 1.29 is 36.7 Å². The van der Waals surface area contributed by atoms with E-state index in [2.05, 4.69) is 5.32 Å². The molecule has 3 rings (SSSR count). The largest absolute Gasteiger partial charge is 0.483 e. The van der Waals surface area contributed by atoms with Gasteiger partial charge in [-0.25, -0.2) is 4.39 Å². The molecule has 1 heterocycles. The second kappa shape index (κ2) is 9.88. The Labute approximate surface area is 186 Å². The molecule has 0 radical (unpaired) electrons. The Kier molecular flexibility index (Phi) is 7.19. The van der Waals surface area contributed by atoms with Gasteiger partial charge in [-0.2, -0.15) is 13.2 Å². The van der Waals surface area contributed by atoms with Crippen molar-refractivity contribution in [2.75, 3.05) is 39.8 Å². The van der Waals surface area contributed by atoms with Crippen LogP contribution < -0.4 is 10.1 Å². The van der Waals surface area contributed by atoms with Crippen LogP contribution in [-0.4, -0.2) is 67.4 Å². The van der Waals surface area contributed by atoms with E-state index in [1.54, 1.807) is 0 Å². The maximum Gasteiger partial charge on any atom is 0.417 e. The first-order valence-electron chi connectivity index (χ1n) is 10.00. The van der Waals surface area contributed by atoms with Crippen molar-refractivity contribution >= 4 is 17.7 Å². The van der Waals surface area contributed by atoms with E-state index in [1.807, 2.05) is 0 Å². The zero-order chi connectivity index (χ0) is 24.2. The minimum absolute atomic E-state index is 0.0419. The summed E-state index contributed by atoms with van der Waals surface area (Å²) in [6, 6.07) is 8.33.